The maximum atomic E-state index is 13.2. The number of rotatable bonds is 15. The Labute approximate surface area is 209 Å². The van der Waals surface area contributed by atoms with Gasteiger partial charge in [-0.15, -0.1) is 13.2 Å². The van der Waals surface area contributed by atoms with Crippen molar-refractivity contribution in [3.8, 4) is 0 Å². The predicted octanol–water partition coefficient (Wildman–Crippen LogP) is 3.47. The standard InChI is InChI=1S/C28H40N2O5/c1-4-11-23(18-25(32)29-21(3)19-31)26(33)30-28(15-9-10-16-28)20-35-27(34)24(12-5-2)17-22-13-7-6-8-14-22/h4-8,13-14,21,23-24,31H,1-2,9-12,15-20H2,3H3,(H,29,32)(H,30,33). The fraction of sp³-hybridized carbons (Fsp3) is 0.536. The van der Waals surface area contributed by atoms with Crippen LogP contribution in [0.3, 0.4) is 0 Å². The summed E-state index contributed by atoms with van der Waals surface area (Å²) < 4.78 is 5.78. The Kier molecular flexibility index (Phi) is 11.7. The average molecular weight is 485 g/mol. The molecule has 0 saturated heterocycles. The number of carbonyl (C=O) groups is 3. The van der Waals surface area contributed by atoms with Crippen molar-refractivity contribution in [2.45, 2.75) is 69.9 Å². The Morgan fingerprint density at radius 1 is 1.09 bits per heavy atom. The summed E-state index contributed by atoms with van der Waals surface area (Å²) in [4.78, 5) is 38.4. The second-order valence-electron chi connectivity index (χ2n) is 9.57. The Morgan fingerprint density at radius 2 is 1.71 bits per heavy atom. The molecule has 0 spiro atoms. The zero-order chi connectivity index (χ0) is 25.7. The summed E-state index contributed by atoms with van der Waals surface area (Å²) in [5.74, 6) is -1.77. The van der Waals surface area contributed by atoms with E-state index in [4.69, 9.17) is 9.84 Å². The van der Waals surface area contributed by atoms with Gasteiger partial charge in [-0.1, -0.05) is 55.3 Å². The van der Waals surface area contributed by atoms with E-state index in [1.165, 1.54) is 0 Å². The van der Waals surface area contributed by atoms with Crippen LogP contribution >= 0.6 is 0 Å². The first-order valence-electron chi connectivity index (χ1n) is 12.5. The van der Waals surface area contributed by atoms with E-state index >= 15 is 0 Å². The van der Waals surface area contributed by atoms with Gasteiger partial charge in [-0.2, -0.15) is 0 Å². The number of esters is 1. The van der Waals surface area contributed by atoms with Crippen LogP contribution in [0.5, 0.6) is 0 Å². The topological polar surface area (TPSA) is 105 Å². The number of allylic oxidation sites excluding steroid dienone is 2. The smallest absolute Gasteiger partial charge is 0.309 e. The monoisotopic (exact) mass is 484 g/mol. The van der Waals surface area contributed by atoms with Gasteiger partial charge >= 0.3 is 5.97 Å². The third-order valence-electron chi connectivity index (χ3n) is 6.48. The van der Waals surface area contributed by atoms with Gasteiger partial charge in [0.25, 0.3) is 0 Å². The number of hydrogen-bond donors (Lipinski definition) is 3. The normalized spacial score (nSPS) is 17.0. The van der Waals surface area contributed by atoms with Crippen LogP contribution in [-0.4, -0.2) is 47.7 Å². The van der Waals surface area contributed by atoms with Gasteiger partial charge in [-0.3, -0.25) is 14.4 Å². The lowest BCUT2D eigenvalue weighted by Gasteiger charge is -2.32. The van der Waals surface area contributed by atoms with E-state index < -0.39 is 11.5 Å². The van der Waals surface area contributed by atoms with Crippen LogP contribution in [0.4, 0.5) is 0 Å². The summed E-state index contributed by atoms with van der Waals surface area (Å²) in [7, 11) is 0. The summed E-state index contributed by atoms with van der Waals surface area (Å²) in [5.41, 5.74) is 0.424. The van der Waals surface area contributed by atoms with Crippen molar-refractivity contribution in [1.29, 1.82) is 0 Å². The first kappa shape index (κ1) is 28.3. The summed E-state index contributed by atoms with van der Waals surface area (Å²) >= 11 is 0. The molecule has 192 valence electrons. The summed E-state index contributed by atoms with van der Waals surface area (Å²) in [5, 5.41) is 14.9. The molecule has 7 nitrogen and oxygen atoms in total. The first-order chi connectivity index (χ1) is 16.8. The van der Waals surface area contributed by atoms with E-state index in [9.17, 15) is 14.4 Å². The maximum absolute atomic E-state index is 13.2. The van der Waals surface area contributed by atoms with Crippen molar-refractivity contribution >= 4 is 17.8 Å². The van der Waals surface area contributed by atoms with Gasteiger partial charge in [0, 0.05) is 12.5 Å². The number of aliphatic hydroxyl groups excluding tert-OH is 1. The molecule has 1 fully saturated rings. The minimum Gasteiger partial charge on any atom is -0.463 e. The van der Waals surface area contributed by atoms with Gasteiger partial charge in [0.2, 0.25) is 11.8 Å². The molecular formula is C28H40N2O5. The Bertz CT molecular complexity index is 848. The summed E-state index contributed by atoms with van der Waals surface area (Å²) in [6, 6.07) is 9.42. The van der Waals surface area contributed by atoms with Gasteiger partial charge in [0.1, 0.15) is 6.61 Å². The molecule has 3 N–H and O–H groups in total. The van der Waals surface area contributed by atoms with Gasteiger partial charge in [0.05, 0.1) is 24.0 Å². The number of nitrogens with one attached hydrogen (secondary N) is 2. The highest BCUT2D eigenvalue weighted by Gasteiger charge is 2.39. The van der Waals surface area contributed by atoms with Crippen molar-refractivity contribution in [3.63, 3.8) is 0 Å². The molecule has 0 aliphatic heterocycles. The van der Waals surface area contributed by atoms with E-state index in [2.05, 4.69) is 23.8 Å². The van der Waals surface area contributed by atoms with Crippen molar-refractivity contribution in [3.05, 3.63) is 61.2 Å². The van der Waals surface area contributed by atoms with Crippen LogP contribution in [-0.2, 0) is 25.5 Å². The van der Waals surface area contributed by atoms with Crippen LogP contribution in [0, 0.1) is 11.8 Å². The zero-order valence-corrected chi connectivity index (χ0v) is 20.8. The van der Waals surface area contributed by atoms with E-state index in [-0.39, 0.29) is 49.4 Å². The molecule has 1 saturated carbocycles. The van der Waals surface area contributed by atoms with Crippen molar-refractivity contribution in [1.82, 2.24) is 10.6 Å². The lowest BCUT2D eigenvalue weighted by Crippen LogP contribution is -2.52. The van der Waals surface area contributed by atoms with Crippen LogP contribution in [0.25, 0.3) is 0 Å². The molecule has 2 rings (SSSR count). The third-order valence-corrected chi connectivity index (χ3v) is 6.48. The number of benzene rings is 1. The van der Waals surface area contributed by atoms with Crippen molar-refractivity contribution in [2.24, 2.45) is 11.8 Å². The first-order valence-corrected chi connectivity index (χ1v) is 12.5. The number of hydrogen-bond acceptors (Lipinski definition) is 5. The van der Waals surface area contributed by atoms with Gasteiger partial charge < -0.3 is 20.5 Å². The van der Waals surface area contributed by atoms with Crippen LogP contribution in [0.1, 0.15) is 57.4 Å². The molecule has 2 amide bonds. The average Bonchev–Trinajstić information content (AvgIpc) is 3.31. The molecule has 1 aromatic carbocycles. The SMILES string of the molecule is C=CCC(CC(=O)NC(C)CO)C(=O)NC1(COC(=O)C(CC=C)Cc2ccccc2)CCCC1. The molecule has 0 heterocycles. The minimum absolute atomic E-state index is 0.00343. The highest BCUT2D eigenvalue weighted by atomic mass is 16.5. The van der Waals surface area contributed by atoms with Crippen LogP contribution < -0.4 is 10.6 Å². The molecule has 1 aliphatic rings. The van der Waals surface area contributed by atoms with Gasteiger partial charge in [-0.05, 0) is 44.6 Å². The molecular weight excluding hydrogens is 444 g/mol. The van der Waals surface area contributed by atoms with Crippen LogP contribution in [0.2, 0.25) is 0 Å². The fourth-order valence-electron chi connectivity index (χ4n) is 4.50. The Morgan fingerprint density at radius 3 is 2.31 bits per heavy atom. The van der Waals surface area contributed by atoms with Gasteiger partial charge in [0.15, 0.2) is 0 Å². The van der Waals surface area contributed by atoms with E-state index in [0.29, 0.717) is 32.1 Å². The minimum atomic E-state index is -0.632. The molecule has 7 heteroatoms. The predicted molar refractivity (Wildman–Crippen MR) is 136 cm³/mol. The van der Waals surface area contributed by atoms with E-state index in [1.54, 1.807) is 19.1 Å². The quantitative estimate of drug-likeness (QED) is 0.261. The summed E-state index contributed by atoms with van der Waals surface area (Å²) in [6.07, 6.45) is 8.05. The zero-order valence-electron chi connectivity index (χ0n) is 20.8. The summed E-state index contributed by atoms with van der Waals surface area (Å²) in [6.45, 7) is 9.13. The third kappa shape index (κ3) is 9.32. The Hall–Kier alpha value is -2.93. The lowest BCUT2D eigenvalue weighted by atomic mass is 9.93. The largest absolute Gasteiger partial charge is 0.463 e. The van der Waals surface area contributed by atoms with Crippen molar-refractivity contribution < 1.29 is 24.2 Å². The lowest BCUT2D eigenvalue weighted by molar-refractivity contribution is -0.151. The molecule has 0 aromatic heterocycles. The second-order valence-corrected chi connectivity index (χ2v) is 9.57. The Balaban J connectivity index is 2.02. The highest BCUT2D eigenvalue weighted by molar-refractivity contribution is 5.86. The molecule has 35 heavy (non-hydrogen) atoms. The maximum Gasteiger partial charge on any atom is 0.309 e. The molecule has 3 unspecified atom stereocenters. The molecule has 0 radical (unpaired) electrons. The number of carbonyl (C=O) groups excluding carboxylic acids is 3. The molecule has 1 aromatic rings. The molecule has 0 bridgehead atoms. The van der Waals surface area contributed by atoms with Crippen LogP contribution in [0.15, 0.2) is 55.6 Å². The number of ether oxygens (including phenoxy) is 1. The van der Waals surface area contributed by atoms with E-state index in [1.807, 2.05) is 30.3 Å². The second kappa shape index (κ2) is 14.5. The van der Waals surface area contributed by atoms with Gasteiger partial charge in [-0.25, -0.2) is 0 Å². The van der Waals surface area contributed by atoms with E-state index in [0.717, 1.165) is 18.4 Å². The van der Waals surface area contributed by atoms with Crippen molar-refractivity contribution in [2.75, 3.05) is 13.2 Å². The highest BCUT2D eigenvalue weighted by Crippen LogP contribution is 2.31. The number of aliphatic hydroxyl groups is 1. The number of amides is 2. The molecule has 3 atom stereocenters. The molecule has 1 aliphatic carbocycles. The fourth-order valence-corrected chi connectivity index (χ4v) is 4.50.